The van der Waals surface area contributed by atoms with Crippen LogP contribution in [0.2, 0.25) is 0 Å². The Morgan fingerprint density at radius 1 is 1.10 bits per heavy atom. The molecule has 0 aromatic heterocycles. The molecule has 1 aromatic rings. The van der Waals surface area contributed by atoms with Crippen LogP contribution in [0.1, 0.15) is 32.6 Å². The quantitative estimate of drug-likeness (QED) is 0.579. The lowest BCUT2D eigenvalue weighted by molar-refractivity contribution is -0.137. The van der Waals surface area contributed by atoms with E-state index in [-0.39, 0.29) is 12.3 Å². The highest BCUT2D eigenvalue weighted by Gasteiger charge is 2.05. The third-order valence-corrected chi connectivity index (χ3v) is 3.25. The first-order valence-electron chi connectivity index (χ1n) is 7.35. The average Bonchev–Trinajstić information content (AvgIpc) is 2.45. The first-order valence-corrected chi connectivity index (χ1v) is 7.35. The fraction of sp³-hybridized carbons (Fsp3) is 0.500. The van der Waals surface area contributed by atoms with E-state index >= 15 is 0 Å². The lowest BCUT2D eigenvalue weighted by Crippen LogP contribution is -2.23. The predicted octanol–water partition coefficient (Wildman–Crippen LogP) is 2.50. The fourth-order valence-corrected chi connectivity index (χ4v) is 1.93. The predicted molar refractivity (Wildman–Crippen MR) is 83.2 cm³/mol. The van der Waals surface area contributed by atoms with Gasteiger partial charge in [-0.15, -0.1) is 0 Å². The lowest BCUT2D eigenvalue weighted by atomic mass is 10.0. The van der Waals surface area contributed by atoms with Crippen molar-refractivity contribution in [3.05, 3.63) is 30.3 Å². The van der Waals surface area contributed by atoms with Gasteiger partial charge >= 0.3 is 5.97 Å². The van der Waals surface area contributed by atoms with E-state index in [1.54, 1.807) is 0 Å². The molecule has 0 saturated carbocycles. The summed E-state index contributed by atoms with van der Waals surface area (Å²) in [5, 5.41) is 14.6. The molecule has 1 unspecified atom stereocenters. The summed E-state index contributed by atoms with van der Waals surface area (Å²) < 4.78 is 0. The molecule has 0 spiro atoms. The van der Waals surface area contributed by atoms with Crippen molar-refractivity contribution in [1.29, 1.82) is 0 Å². The van der Waals surface area contributed by atoms with Crippen LogP contribution in [0, 0.1) is 5.92 Å². The van der Waals surface area contributed by atoms with E-state index in [1.807, 2.05) is 37.3 Å². The number of benzene rings is 1. The Morgan fingerprint density at radius 3 is 2.48 bits per heavy atom. The zero-order valence-electron chi connectivity index (χ0n) is 12.5. The average molecular weight is 292 g/mol. The molecule has 5 heteroatoms. The van der Waals surface area contributed by atoms with E-state index < -0.39 is 5.97 Å². The number of rotatable bonds is 10. The molecule has 1 amide bonds. The molecule has 1 atom stereocenters. The minimum absolute atomic E-state index is 0.00683. The first kappa shape index (κ1) is 17.2. The molecule has 5 nitrogen and oxygen atoms in total. The summed E-state index contributed by atoms with van der Waals surface area (Å²) in [5.74, 6) is -0.369. The van der Waals surface area contributed by atoms with Gasteiger partial charge in [0, 0.05) is 25.1 Å². The lowest BCUT2D eigenvalue weighted by Gasteiger charge is -2.10. The number of aliphatic carboxylic acids is 1. The van der Waals surface area contributed by atoms with Crippen molar-refractivity contribution in [3.63, 3.8) is 0 Å². The highest BCUT2D eigenvalue weighted by atomic mass is 16.4. The van der Waals surface area contributed by atoms with Gasteiger partial charge in [0.15, 0.2) is 0 Å². The van der Waals surface area contributed by atoms with Crippen molar-refractivity contribution in [2.45, 2.75) is 32.6 Å². The number of carboxylic acids is 1. The van der Waals surface area contributed by atoms with Gasteiger partial charge in [-0.3, -0.25) is 9.59 Å². The van der Waals surface area contributed by atoms with Gasteiger partial charge in [-0.1, -0.05) is 25.1 Å². The molecule has 0 heterocycles. The number of carbonyl (C=O) groups excluding carboxylic acids is 1. The Bertz CT molecular complexity index is 434. The first-order chi connectivity index (χ1) is 10.1. The minimum atomic E-state index is -0.743. The Labute approximate surface area is 125 Å². The molecule has 21 heavy (non-hydrogen) atoms. The smallest absolute Gasteiger partial charge is 0.303 e. The molecule has 1 aromatic carbocycles. The van der Waals surface area contributed by atoms with Gasteiger partial charge in [0.2, 0.25) is 5.91 Å². The summed E-state index contributed by atoms with van der Waals surface area (Å²) in [6.07, 6.45) is 2.28. The molecule has 3 N–H and O–H groups in total. The maximum atomic E-state index is 11.7. The van der Waals surface area contributed by atoms with Crippen molar-refractivity contribution in [2.75, 3.05) is 18.4 Å². The zero-order valence-corrected chi connectivity index (χ0v) is 12.5. The van der Waals surface area contributed by atoms with Crippen molar-refractivity contribution < 1.29 is 14.7 Å². The third kappa shape index (κ3) is 8.81. The second-order valence-corrected chi connectivity index (χ2v) is 5.24. The second kappa shape index (κ2) is 9.94. The number of carboxylic acid groups (broad SMARTS) is 1. The summed E-state index contributed by atoms with van der Waals surface area (Å²) in [5.41, 5.74) is 0.810. The maximum absolute atomic E-state index is 11.7. The summed E-state index contributed by atoms with van der Waals surface area (Å²) >= 11 is 0. The summed E-state index contributed by atoms with van der Waals surface area (Å²) in [6, 6.07) is 9.38. The third-order valence-electron chi connectivity index (χ3n) is 3.25. The minimum Gasteiger partial charge on any atom is -0.481 e. The van der Waals surface area contributed by atoms with Gasteiger partial charge in [-0.05, 0) is 37.4 Å². The molecule has 0 aliphatic carbocycles. The summed E-state index contributed by atoms with van der Waals surface area (Å²) in [6.45, 7) is 3.48. The van der Waals surface area contributed by atoms with Crippen molar-refractivity contribution >= 4 is 17.6 Å². The maximum Gasteiger partial charge on any atom is 0.303 e. The van der Waals surface area contributed by atoms with E-state index in [9.17, 15) is 9.59 Å². The standard InChI is InChI=1S/C16H24N2O3/c1-13(7-8-16(20)21)9-11-17-12-10-15(19)18-14-5-3-2-4-6-14/h2-6,13,17H,7-12H2,1H3,(H,18,19)(H,20,21). The zero-order chi connectivity index (χ0) is 15.5. The largest absolute Gasteiger partial charge is 0.481 e. The van der Waals surface area contributed by atoms with Crippen LogP contribution in [0.25, 0.3) is 0 Å². The van der Waals surface area contributed by atoms with Crippen molar-refractivity contribution in [3.8, 4) is 0 Å². The van der Waals surface area contributed by atoms with E-state index in [0.717, 1.165) is 18.7 Å². The highest BCUT2D eigenvalue weighted by Crippen LogP contribution is 2.09. The van der Waals surface area contributed by atoms with Crippen LogP contribution in [-0.2, 0) is 9.59 Å². The van der Waals surface area contributed by atoms with Crippen LogP contribution in [0.4, 0.5) is 5.69 Å². The van der Waals surface area contributed by atoms with Crippen LogP contribution < -0.4 is 10.6 Å². The molecule has 0 saturated heterocycles. The topological polar surface area (TPSA) is 78.4 Å². The van der Waals surface area contributed by atoms with Gasteiger partial charge in [0.25, 0.3) is 0 Å². The molecule has 0 fully saturated rings. The van der Waals surface area contributed by atoms with Crippen molar-refractivity contribution in [2.24, 2.45) is 5.92 Å². The van der Waals surface area contributed by atoms with E-state index in [4.69, 9.17) is 5.11 Å². The van der Waals surface area contributed by atoms with E-state index in [2.05, 4.69) is 10.6 Å². The van der Waals surface area contributed by atoms with Crippen LogP contribution >= 0.6 is 0 Å². The van der Waals surface area contributed by atoms with Gasteiger partial charge in [0.1, 0.15) is 0 Å². The normalized spacial score (nSPS) is 11.9. The number of nitrogens with one attached hydrogen (secondary N) is 2. The Balaban J connectivity index is 2.03. The second-order valence-electron chi connectivity index (χ2n) is 5.24. The van der Waals surface area contributed by atoms with Gasteiger partial charge < -0.3 is 15.7 Å². The Kier molecular flexibility index (Phi) is 8.12. The number of para-hydroxylation sites is 1. The van der Waals surface area contributed by atoms with Crippen LogP contribution in [0.15, 0.2) is 30.3 Å². The number of anilines is 1. The SMILES string of the molecule is CC(CCNCCC(=O)Nc1ccccc1)CCC(=O)O. The molecule has 0 aliphatic rings. The van der Waals surface area contributed by atoms with Crippen molar-refractivity contribution in [1.82, 2.24) is 5.32 Å². The molecule has 116 valence electrons. The molecular formula is C16H24N2O3. The fourth-order valence-electron chi connectivity index (χ4n) is 1.93. The molecule has 0 aliphatic heterocycles. The molecular weight excluding hydrogens is 268 g/mol. The Morgan fingerprint density at radius 2 is 1.81 bits per heavy atom. The van der Waals surface area contributed by atoms with Gasteiger partial charge in [-0.25, -0.2) is 0 Å². The van der Waals surface area contributed by atoms with Crippen LogP contribution in [-0.4, -0.2) is 30.1 Å². The molecule has 1 rings (SSSR count). The summed E-state index contributed by atoms with van der Waals surface area (Å²) in [4.78, 5) is 22.1. The summed E-state index contributed by atoms with van der Waals surface area (Å²) in [7, 11) is 0. The monoisotopic (exact) mass is 292 g/mol. The Hall–Kier alpha value is -1.88. The highest BCUT2D eigenvalue weighted by molar-refractivity contribution is 5.90. The van der Waals surface area contributed by atoms with Gasteiger partial charge in [0.05, 0.1) is 0 Å². The van der Waals surface area contributed by atoms with E-state index in [1.165, 1.54) is 0 Å². The van der Waals surface area contributed by atoms with E-state index in [0.29, 0.717) is 25.3 Å². The van der Waals surface area contributed by atoms with Gasteiger partial charge in [-0.2, -0.15) is 0 Å². The number of amides is 1. The van der Waals surface area contributed by atoms with Crippen LogP contribution in [0.3, 0.4) is 0 Å². The number of hydrogen-bond acceptors (Lipinski definition) is 3. The number of hydrogen-bond donors (Lipinski definition) is 3. The number of carbonyl (C=O) groups is 2. The molecule has 0 bridgehead atoms. The molecule has 0 radical (unpaired) electrons. The van der Waals surface area contributed by atoms with Crippen LogP contribution in [0.5, 0.6) is 0 Å².